The third-order valence-electron chi connectivity index (χ3n) is 3.72. The number of hydrogen-bond donors (Lipinski definition) is 2. The number of hydrogen-bond acceptors (Lipinski definition) is 6. The van der Waals surface area contributed by atoms with E-state index in [1.807, 2.05) is 6.92 Å². The fourth-order valence-corrected chi connectivity index (χ4v) is 3.86. The van der Waals surface area contributed by atoms with Gasteiger partial charge in [0, 0.05) is 10.0 Å². The van der Waals surface area contributed by atoms with Crippen molar-refractivity contribution in [3.8, 4) is 5.75 Å². The van der Waals surface area contributed by atoms with Crippen LogP contribution in [-0.4, -0.2) is 25.3 Å². The number of halogens is 1. The Labute approximate surface area is 175 Å². The first kappa shape index (κ1) is 20.2. The van der Waals surface area contributed by atoms with Gasteiger partial charge in [0.2, 0.25) is 0 Å². The Hall–Kier alpha value is -2.56. The number of carbonyl (C=O) groups is 2. The zero-order valence-corrected chi connectivity index (χ0v) is 17.6. The second-order valence-corrected chi connectivity index (χ2v) is 8.70. The van der Waals surface area contributed by atoms with E-state index in [-0.39, 0.29) is 26.9 Å². The third-order valence-corrected chi connectivity index (χ3v) is 5.67. The van der Waals surface area contributed by atoms with Crippen LogP contribution in [0.25, 0.3) is 6.08 Å². The molecule has 0 aromatic heterocycles. The van der Waals surface area contributed by atoms with E-state index in [1.54, 1.807) is 18.2 Å². The third kappa shape index (κ3) is 4.46. The van der Waals surface area contributed by atoms with Gasteiger partial charge in [-0.1, -0.05) is 33.6 Å². The molecule has 10 heteroatoms. The molecule has 2 aromatic rings. The van der Waals surface area contributed by atoms with Crippen molar-refractivity contribution in [3.05, 3.63) is 63.6 Å². The molecule has 1 saturated heterocycles. The summed E-state index contributed by atoms with van der Waals surface area (Å²) in [4.78, 5) is 24.1. The molecule has 28 heavy (non-hydrogen) atoms. The van der Waals surface area contributed by atoms with E-state index >= 15 is 0 Å². The predicted molar refractivity (Wildman–Crippen MR) is 110 cm³/mol. The van der Waals surface area contributed by atoms with Crippen LogP contribution in [0, 0.1) is 6.92 Å². The minimum Gasteiger partial charge on any atom is -0.378 e. The minimum absolute atomic E-state index is 0.0156. The molecule has 0 atom stereocenters. The monoisotopic (exact) mass is 480 g/mol. The van der Waals surface area contributed by atoms with Crippen LogP contribution < -0.4 is 14.8 Å². The van der Waals surface area contributed by atoms with E-state index in [2.05, 4.69) is 26.6 Å². The zero-order chi connectivity index (χ0) is 20.5. The number of thiocarbonyl (C=S) groups is 1. The van der Waals surface area contributed by atoms with Gasteiger partial charge < -0.3 is 4.18 Å². The molecular weight excluding hydrogens is 468 g/mol. The highest BCUT2D eigenvalue weighted by molar-refractivity contribution is 9.10. The van der Waals surface area contributed by atoms with Gasteiger partial charge in [-0.15, -0.1) is 0 Å². The van der Waals surface area contributed by atoms with E-state index < -0.39 is 21.9 Å². The molecule has 0 radical (unpaired) electrons. The molecule has 0 unspecified atom stereocenters. The maximum absolute atomic E-state index is 12.6. The number of amides is 2. The first-order valence-electron chi connectivity index (χ1n) is 7.85. The molecule has 2 aromatic carbocycles. The van der Waals surface area contributed by atoms with Crippen molar-refractivity contribution < 1.29 is 22.2 Å². The fourth-order valence-electron chi connectivity index (χ4n) is 2.34. The van der Waals surface area contributed by atoms with Gasteiger partial charge >= 0.3 is 10.1 Å². The Morgan fingerprint density at radius 3 is 2.25 bits per heavy atom. The van der Waals surface area contributed by atoms with Gasteiger partial charge in [0.1, 0.15) is 16.2 Å². The largest absolute Gasteiger partial charge is 0.378 e. The molecular formula is C18H13BrN2O5S2. The van der Waals surface area contributed by atoms with Crippen molar-refractivity contribution in [1.82, 2.24) is 10.6 Å². The van der Waals surface area contributed by atoms with E-state index in [9.17, 15) is 18.0 Å². The topological polar surface area (TPSA) is 102 Å². The Bertz CT molecular complexity index is 1100. The van der Waals surface area contributed by atoms with Crippen molar-refractivity contribution in [2.75, 3.05) is 0 Å². The average Bonchev–Trinajstić information content (AvgIpc) is 2.60. The summed E-state index contributed by atoms with van der Waals surface area (Å²) in [6, 6.07) is 10.7. The molecule has 1 aliphatic rings. The summed E-state index contributed by atoms with van der Waals surface area (Å²) in [7, 11) is -4.11. The van der Waals surface area contributed by atoms with Crippen LogP contribution >= 0.6 is 28.1 Å². The molecule has 1 fully saturated rings. The van der Waals surface area contributed by atoms with Crippen LogP contribution in [0.4, 0.5) is 0 Å². The Morgan fingerprint density at radius 1 is 1.04 bits per heavy atom. The van der Waals surface area contributed by atoms with Gasteiger partial charge in [-0.2, -0.15) is 8.42 Å². The molecule has 7 nitrogen and oxygen atoms in total. The van der Waals surface area contributed by atoms with Crippen LogP contribution in [0.3, 0.4) is 0 Å². The molecule has 1 heterocycles. The van der Waals surface area contributed by atoms with Gasteiger partial charge in [0.05, 0.1) is 0 Å². The van der Waals surface area contributed by atoms with Gasteiger partial charge in [-0.3, -0.25) is 20.2 Å². The molecule has 144 valence electrons. The standard InChI is InChI=1S/C18H13BrN2O5S2/c1-10-2-5-13(6-3-10)28(24,25)26-15-7-4-12(19)8-11(15)9-14-16(22)20-18(27)21-17(14)23/h2-9H,1H3,(H2,20,21,22,23,27). The molecule has 0 bridgehead atoms. The summed E-state index contributed by atoms with van der Waals surface area (Å²) >= 11 is 8.03. The van der Waals surface area contributed by atoms with Gasteiger partial charge in [0.25, 0.3) is 11.8 Å². The highest BCUT2D eigenvalue weighted by atomic mass is 79.9. The summed E-state index contributed by atoms with van der Waals surface area (Å²) in [5.41, 5.74) is 0.891. The fraction of sp³-hybridized carbons (Fsp3) is 0.0556. The maximum Gasteiger partial charge on any atom is 0.339 e. The van der Waals surface area contributed by atoms with E-state index in [0.717, 1.165) is 5.56 Å². The number of aryl methyl sites for hydroxylation is 1. The van der Waals surface area contributed by atoms with Crippen molar-refractivity contribution in [1.29, 1.82) is 0 Å². The highest BCUT2D eigenvalue weighted by Crippen LogP contribution is 2.29. The lowest BCUT2D eigenvalue weighted by molar-refractivity contribution is -0.123. The molecule has 1 aliphatic heterocycles. The summed E-state index contributed by atoms with van der Waals surface area (Å²) in [5, 5.41) is 4.53. The molecule has 0 spiro atoms. The van der Waals surface area contributed by atoms with E-state index in [4.69, 9.17) is 16.4 Å². The zero-order valence-electron chi connectivity index (χ0n) is 14.4. The predicted octanol–water partition coefficient (Wildman–Crippen LogP) is 2.44. The van der Waals surface area contributed by atoms with Crippen LogP contribution in [0.1, 0.15) is 11.1 Å². The quantitative estimate of drug-likeness (QED) is 0.301. The molecule has 0 aliphatic carbocycles. The Kier molecular flexibility index (Phi) is 5.64. The van der Waals surface area contributed by atoms with Gasteiger partial charge in [0.15, 0.2) is 5.11 Å². The maximum atomic E-state index is 12.6. The number of benzene rings is 2. The van der Waals surface area contributed by atoms with Crippen molar-refractivity contribution in [2.24, 2.45) is 0 Å². The molecule has 2 N–H and O–H groups in total. The first-order chi connectivity index (χ1) is 13.2. The smallest absolute Gasteiger partial charge is 0.339 e. The lowest BCUT2D eigenvalue weighted by Gasteiger charge is -2.17. The lowest BCUT2D eigenvalue weighted by Crippen LogP contribution is -2.51. The lowest BCUT2D eigenvalue weighted by atomic mass is 10.1. The van der Waals surface area contributed by atoms with E-state index in [0.29, 0.717) is 4.47 Å². The van der Waals surface area contributed by atoms with Crippen LogP contribution in [0.5, 0.6) is 5.75 Å². The second-order valence-electron chi connectivity index (χ2n) is 5.83. The molecule has 0 saturated carbocycles. The van der Waals surface area contributed by atoms with Crippen LogP contribution in [-0.2, 0) is 19.7 Å². The summed E-state index contributed by atoms with van der Waals surface area (Å²) < 4.78 is 31.0. The molecule has 3 rings (SSSR count). The SMILES string of the molecule is Cc1ccc(S(=O)(=O)Oc2ccc(Br)cc2C=C2C(=O)NC(=S)NC2=O)cc1. The van der Waals surface area contributed by atoms with Gasteiger partial charge in [-0.05, 0) is 55.5 Å². The van der Waals surface area contributed by atoms with Crippen molar-refractivity contribution in [2.45, 2.75) is 11.8 Å². The van der Waals surface area contributed by atoms with Crippen molar-refractivity contribution in [3.63, 3.8) is 0 Å². The Balaban J connectivity index is 2.01. The second kappa shape index (κ2) is 7.82. The molecule has 2 amide bonds. The number of rotatable bonds is 4. The average molecular weight is 481 g/mol. The van der Waals surface area contributed by atoms with Crippen LogP contribution in [0.15, 0.2) is 57.4 Å². The first-order valence-corrected chi connectivity index (χ1v) is 10.5. The normalized spacial score (nSPS) is 14.4. The highest BCUT2D eigenvalue weighted by Gasteiger charge is 2.27. The minimum atomic E-state index is -4.11. The van der Waals surface area contributed by atoms with Crippen LogP contribution in [0.2, 0.25) is 0 Å². The Morgan fingerprint density at radius 2 is 1.64 bits per heavy atom. The summed E-state index contributed by atoms with van der Waals surface area (Å²) in [6.45, 7) is 1.84. The van der Waals surface area contributed by atoms with Crippen molar-refractivity contribution >= 4 is 61.3 Å². The van der Waals surface area contributed by atoms with Gasteiger partial charge in [-0.25, -0.2) is 0 Å². The summed E-state index contributed by atoms with van der Waals surface area (Å²) in [5.74, 6) is -1.42. The number of carbonyl (C=O) groups excluding carboxylic acids is 2. The summed E-state index contributed by atoms with van der Waals surface area (Å²) in [6.07, 6.45) is 1.23. The van der Waals surface area contributed by atoms with E-state index in [1.165, 1.54) is 30.3 Å². The number of nitrogens with one attached hydrogen (secondary N) is 2.